The fourth-order valence-electron chi connectivity index (χ4n) is 4.20. The molecule has 1 N–H and O–H groups in total. The normalized spacial score (nSPS) is 12.9. The van der Waals surface area contributed by atoms with Gasteiger partial charge in [0.05, 0.1) is 15.6 Å². The molecule has 3 aromatic carbocycles. The highest BCUT2D eigenvalue weighted by Crippen LogP contribution is 2.31. The molecule has 11 heteroatoms. The molecular formula is C30H34Cl3N3O4S. The van der Waals surface area contributed by atoms with Crippen molar-refractivity contribution in [1.29, 1.82) is 0 Å². The molecule has 3 aromatic rings. The van der Waals surface area contributed by atoms with Crippen LogP contribution in [0.25, 0.3) is 0 Å². The van der Waals surface area contributed by atoms with Gasteiger partial charge in [-0.25, -0.2) is 8.42 Å². The third-order valence-electron chi connectivity index (χ3n) is 6.75. The summed E-state index contributed by atoms with van der Waals surface area (Å²) in [4.78, 5) is 28.9. The van der Waals surface area contributed by atoms with Crippen molar-refractivity contribution in [1.82, 2.24) is 10.2 Å². The highest BCUT2D eigenvalue weighted by atomic mass is 35.5. The van der Waals surface area contributed by atoms with E-state index in [1.54, 1.807) is 55.5 Å². The number of aryl methyl sites for hydroxylation is 1. The average molecular weight is 639 g/mol. The van der Waals surface area contributed by atoms with Gasteiger partial charge < -0.3 is 10.2 Å². The number of hydrogen-bond donors (Lipinski definition) is 1. The molecule has 0 fully saturated rings. The van der Waals surface area contributed by atoms with Crippen molar-refractivity contribution in [2.75, 3.05) is 10.8 Å². The molecule has 0 spiro atoms. The van der Waals surface area contributed by atoms with E-state index in [0.717, 1.165) is 9.87 Å². The Balaban J connectivity index is 2.09. The molecule has 2 unspecified atom stereocenters. The average Bonchev–Trinajstić information content (AvgIpc) is 2.93. The summed E-state index contributed by atoms with van der Waals surface area (Å²) in [6.07, 6.45) is 0.990. The van der Waals surface area contributed by atoms with Crippen molar-refractivity contribution in [3.63, 3.8) is 0 Å². The summed E-state index contributed by atoms with van der Waals surface area (Å²) < 4.78 is 28.9. The van der Waals surface area contributed by atoms with Crippen molar-refractivity contribution < 1.29 is 18.0 Å². The molecule has 0 aromatic heterocycles. The monoisotopic (exact) mass is 637 g/mol. The standard InChI is InChI=1S/C30H34Cl3N3O4S/c1-5-21(4)34-30(38)27(6-2)35(18-22-13-14-23(31)17-26(22)33)29(37)19-36(28-10-8-7-9-25(28)32)41(39,40)24-15-11-20(3)12-16-24/h7-17,21,27H,5-6,18-19H2,1-4H3,(H,34,38). The van der Waals surface area contributed by atoms with Gasteiger partial charge in [0.15, 0.2) is 0 Å². The SMILES string of the molecule is CCC(C)NC(=O)C(CC)N(Cc1ccc(Cl)cc1Cl)C(=O)CN(c1ccccc1Cl)S(=O)(=O)c1ccc(C)cc1. The first-order valence-corrected chi connectivity index (χ1v) is 15.8. The lowest BCUT2D eigenvalue weighted by atomic mass is 10.1. The van der Waals surface area contributed by atoms with Gasteiger partial charge in [-0.15, -0.1) is 0 Å². The molecule has 0 bridgehead atoms. The Hall–Kier alpha value is -2.78. The van der Waals surface area contributed by atoms with Gasteiger partial charge in [-0.05, 0) is 68.7 Å². The number of rotatable bonds is 12. The number of halogens is 3. The van der Waals surface area contributed by atoms with Crippen LogP contribution in [0.15, 0.2) is 71.6 Å². The Morgan fingerprint density at radius 2 is 1.56 bits per heavy atom. The van der Waals surface area contributed by atoms with Crippen molar-refractivity contribution in [3.8, 4) is 0 Å². The summed E-state index contributed by atoms with van der Waals surface area (Å²) >= 11 is 19.0. The number of carbonyl (C=O) groups is 2. The predicted molar refractivity (Wildman–Crippen MR) is 166 cm³/mol. The van der Waals surface area contributed by atoms with Gasteiger partial charge in [0, 0.05) is 22.6 Å². The van der Waals surface area contributed by atoms with Crippen LogP contribution in [0.3, 0.4) is 0 Å². The zero-order valence-corrected chi connectivity index (χ0v) is 26.5. The summed E-state index contributed by atoms with van der Waals surface area (Å²) in [6.45, 7) is 6.82. The van der Waals surface area contributed by atoms with Gasteiger partial charge in [0.25, 0.3) is 10.0 Å². The van der Waals surface area contributed by atoms with Crippen LogP contribution in [-0.4, -0.2) is 43.8 Å². The van der Waals surface area contributed by atoms with Crippen molar-refractivity contribution in [3.05, 3.63) is 92.9 Å². The van der Waals surface area contributed by atoms with Crippen LogP contribution in [0.5, 0.6) is 0 Å². The number of hydrogen-bond acceptors (Lipinski definition) is 4. The maximum absolute atomic E-state index is 14.1. The molecule has 0 saturated heterocycles. The Kier molecular flexibility index (Phi) is 11.5. The highest BCUT2D eigenvalue weighted by Gasteiger charge is 2.34. The summed E-state index contributed by atoms with van der Waals surface area (Å²) in [6, 6.07) is 16.6. The van der Waals surface area contributed by atoms with Crippen LogP contribution >= 0.6 is 34.8 Å². The van der Waals surface area contributed by atoms with Crippen LogP contribution in [0, 0.1) is 6.92 Å². The minimum Gasteiger partial charge on any atom is -0.352 e. The number of nitrogens with zero attached hydrogens (tertiary/aromatic N) is 2. The van der Waals surface area contributed by atoms with Gasteiger partial charge in [-0.1, -0.05) is 84.5 Å². The number of nitrogens with one attached hydrogen (secondary N) is 1. The minimum atomic E-state index is -4.23. The van der Waals surface area contributed by atoms with E-state index in [2.05, 4.69) is 5.32 Å². The summed E-state index contributed by atoms with van der Waals surface area (Å²) in [5.74, 6) is -0.941. The van der Waals surface area contributed by atoms with Crippen molar-refractivity contribution in [2.24, 2.45) is 0 Å². The molecule has 41 heavy (non-hydrogen) atoms. The van der Waals surface area contributed by atoms with Crippen LogP contribution in [0.1, 0.15) is 44.7 Å². The Morgan fingerprint density at radius 3 is 2.15 bits per heavy atom. The molecule has 0 aliphatic carbocycles. The fraction of sp³-hybridized carbons (Fsp3) is 0.333. The number of para-hydroxylation sites is 1. The molecule has 2 atom stereocenters. The third kappa shape index (κ3) is 8.16. The van der Waals surface area contributed by atoms with Gasteiger partial charge >= 0.3 is 0 Å². The fourth-order valence-corrected chi connectivity index (χ4v) is 6.39. The van der Waals surface area contributed by atoms with Crippen LogP contribution in [0.4, 0.5) is 5.69 Å². The van der Waals surface area contributed by atoms with E-state index >= 15 is 0 Å². The van der Waals surface area contributed by atoms with Crippen molar-refractivity contribution >= 4 is 62.3 Å². The molecule has 2 amide bonds. The third-order valence-corrected chi connectivity index (χ3v) is 9.43. The molecule has 220 valence electrons. The quantitative estimate of drug-likeness (QED) is 0.235. The second kappa shape index (κ2) is 14.4. The van der Waals surface area contributed by atoms with E-state index in [4.69, 9.17) is 34.8 Å². The number of amides is 2. The highest BCUT2D eigenvalue weighted by molar-refractivity contribution is 7.92. The zero-order valence-electron chi connectivity index (χ0n) is 23.4. The van der Waals surface area contributed by atoms with Gasteiger partial charge in [-0.3, -0.25) is 13.9 Å². The van der Waals surface area contributed by atoms with Crippen molar-refractivity contribution in [2.45, 2.75) is 64.1 Å². The van der Waals surface area contributed by atoms with E-state index in [1.807, 2.05) is 20.8 Å². The molecule has 0 heterocycles. The topological polar surface area (TPSA) is 86.8 Å². The first-order valence-electron chi connectivity index (χ1n) is 13.3. The van der Waals surface area contributed by atoms with Gasteiger partial charge in [-0.2, -0.15) is 0 Å². The molecule has 0 aliphatic rings. The predicted octanol–water partition coefficient (Wildman–Crippen LogP) is 6.87. The molecule has 7 nitrogen and oxygen atoms in total. The van der Waals surface area contributed by atoms with Gasteiger partial charge in [0.1, 0.15) is 12.6 Å². The van der Waals surface area contributed by atoms with Crippen LogP contribution in [-0.2, 0) is 26.2 Å². The van der Waals surface area contributed by atoms with Crippen LogP contribution < -0.4 is 9.62 Å². The Bertz CT molecular complexity index is 1480. The first kappa shape index (κ1) is 32.7. The summed E-state index contributed by atoms with van der Waals surface area (Å²) in [7, 11) is -4.23. The summed E-state index contributed by atoms with van der Waals surface area (Å²) in [5.41, 5.74) is 1.59. The van der Waals surface area contributed by atoms with E-state index in [1.165, 1.54) is 23.1 Å². The number of carbonyl (C=O) groups excluding carboxylic acids is 2. The van der Waals surface area contributed by atoms with Gasteiger partial charge in [0.2, 0.25) is 11.8 Å². The summed E-state index contributed by atoms with van der Waals surface area (Å²) in [5, 5.41) is 3.84. The number of benzene rings is 3. The lowest BCUT2D eigenvalue weighted by Gasteiger charge is -2.34. The number of anilines is 1. The zero-order chi connectivity index (χ0) is 30.3. The molecule has 3 rings (SSSR count). The molecule has 0 aliphatic heterocycles. The largest absolute Gasteiger partial charge is 0.352 e. The lowest BCUT2D eigenvalue weighted by molar-refractivity contribution is -0.140. The van der Waals surface area contributed by atoms with E-state index in [0.29, 0.717) is 22.0 Å². The van der Waals surface area contributed by atoms with Crippen LogP contribution in [0.2, 0.25) is 15.1 Å². The Labute approximate surface area is 257 Å². The Morgan fingerprint density at radius 1 is 0.902 bits per heavy atom. The second-order valence-corrected chi connectivity index (χ2v) is 12.9. The second-order valence-electron chi connectivity index (χ2n) is 9.78. The first-order chi connectivity index (χ1) is 19.4. The minimum absolute atomic E-state index is 0.00432. The smallest absolute Gasteiger partial charge is 0.264 e. The van der Waals surface area contributed by atoms with E-state index in [-0.39, 0.29) is 40.5 Å². The maximum atomic E-state index is 14.1. The molecular weight excluding hydrogens is 605 g/mol. The number of sulfonamides is 1. The molecule has 0 saturated carbocycles. The van der Waals surface area contributed by atoms with E-state index in [9.17, 15) is 18.0 Å². The van der Waals surface area contributed by atoms with E-state index < -0.39 is 28.5 Å². The molecule has 0 radical (unpaired) electrons. The lowest BCUT2D eigenvalue weighted by Crippen LogP contribution is -2.53. The maximum Gasteiger partial charge on any atom is 0.264 e.